The largest absolute Gasteiger partial charge is 0.396 e. The molecule has 0 aromatic heterocycles. The molecule has 1 aliphatic rings. The van der Waals surface area contributed by atoms with E-state index in [1.54, 1.807) is 36.3 Å². The number of aliphatic imine (C=N–C) groups is 1. The number of ether oxygens (including phenoxy) is 1. The van der Waals surface area contributed by atoms with Gasteiger partial charge >= 0.3 is 0 Å². The first-order valence-corrected chi connectivity index (χ1v) is 9.89. The highest BCUT2D eigenvalue weighted by molar-refractivity contribution is 6.32. The quantitative estimate of drug-likeness (QED) is 0.568. The third-order valence-electron chi connectivity index (χ3n) is 5.12. The molecule has 0 saturated carbocycles. The van der Waals surface area contributed by atoms with E-state index in [0.29, 0.717) is 42.1 Å². The smallest absolute Gasteiger partial charge is 0.253 e. The molecule has 7 heteroatoms. The van der Waals surface area contributed by atoms with Crippen molar-refractivity contribution in [3.63, 3.8) is 0 Å². The van der Waals surface area contributed by atoms with Gasteiger partial charge in [-0.05, 0) is 42.3 Å². The van der Waals surface area contributed by atoms with Crippen LogP contribution in [-0.2, 0) is 4.74 Å². The summed E-state index contributed by atoms with van der Waals surface area (Å²) in [4.78, 5) is 18.8. The van der Waals surface area contributed by atoms with Gasteiger partial charge in [-0.3, -0.25) is 4.79 Å². The summed E-state index contributed by atoms with van der Waals surface area (Å²) in [5, 5.41) is 9.07. The van der Waals surface area contributed by atoms with Crippen molar-refractivity contribution in [1.82, 2.24) is 4.90 Å². The Kier molecular flexibility index (Phi) is 6.88. The zero-order valence-electron chi connectivity index (χ0n) is 16.9. The Hall–Kier alpha value is -3.14. The molecule has 2 aromatic rings. The van der Waals surface area contributed by atoms with Gasteiger partial charge in [0.25, 0.3) is 5.91 Å². The van der Waals surface area contributed by atoms with Crippen LogP contribution < -0.4 is 5.73 Å². The Morgan fingerprint density at radius 1 is 1.33 bits per heavy atom. The lowest BCUT2D eigenvalue weighted by molar-refractivity contribution is 0.0602. The van der Waals surface area contributed by atoms with Gasteiger partial charge < -0.3 is 15.4 Å². The molecule has 0 spiro atoms. The molecule has 1 heterocycles. The minimum absolute atomic E-state index is 0.0482. The maximum Gasteiger partial charge on any atom is 0.253 e. The average molecular weight is 423 g/mol. The summed E-state index contributed by atoms with van der Waals surface area (Å²) >= 11 is 6.20. The number of methoxy groups -OCH3 is 1. The number of benzene rings is 2. The van der Waals surface area contributed by atoms with Crippen LogP contribution in [0.1, 0.15) is 38.5 Å². The van der Waals surface area contributed by atoms with Gasteiger partial charge in [0.1, 0.15) is 0 Å². The number of nitrogens with two attached hydrogens (primary N) is 1. The molecule has 6 nitrogen and oxygen atoms in total. The van der Waals surface area contributed by atoms with Crippen molar-refractivity contribution < 1.29 is 9.53 Å². The molecule has 3 rings (SSSR count). The summed E-state index contributed by atoms with van der Waals surface area (Å²) in [6.45, 7) is 3.52. The number of nitrogens with zero attached hydrogens (tertiary/aromatic N) is 3. The number of hydrogen-bond acceptors (Lipinski definition) is 5. The fraction of sp³-hybridized carbons (Fsp3) is 0.261. The average Bonchev–Trinajstić information content (AvgIpc) is 2.73. The molecule has 2 N–H and O–H groups in total. The fourth-order valence-electron chi connectivity index (χ4n) is 3.29. The summed E-state index contributed by atoms with van der Waals surface area (Å²) in [6, 6.07) is 15.0. The number of likely N-dealkylation sites (tertiary alicyclic amines) is 1. The number of halogens is 1. The molecule has 1 saturated heterocycles. The Morgan fingerprint density at radius 2 is 2.03 bits per heavy atom. The van der Waals surface area contributed by atoms with E-state index in [1.165, 1.54) is 6.21 Å². The number of rotatable bonds is 6. The molecule has 0 aliphatic carbocycles. The van der Waals surface area contributed by atoms with Crippen molar-refractivity contribution in [2.75, 3.05) is 26.8 Å². The second-order valence-electron chi connectivity index (χ2n) is 7.14. The van der Waals surface area contributed by atoms with Gasteiger partial charge in [0.2, 0.25) is 0 Å². The monoisotopic (exact) mass is 422 g/mol. The first-order chi connectivity index (χ1) is 14.4. The van der Waals surface area contributed by atoms with Gasteiger partial charge in [-0.25, -0.2) is 4.99 Å². The highest BCUT2D eigenvalue weighted by Gasteiger charge is 2.32. The van der Waals surface area contributed by atoms with E-state index in [-0.39, 0.29) is 17.0 Å². The molecular formula is C23H23ClN4O2. The van der Waals surface area contributed by atoms with Crippen LogP contribution in [0.25, 0.3) is 5.70 Å². The maximum atomic E-state index is 12.9. The Labute approximate surface area is 181 Å². The summed E-state index contributed by atoms with van der Waals surface area (Å²) in [5.41, 5.74) is 10.4. The summed E-state index contributed by atoms with van der Waals surface area (Å²) in [6.07, 6.45) is 1.53. The normalized spacial score (nSPS) is 14.9. The van der Waals surface area contributed by atoms with Crippen molar-refractivity contribution in [2.24, 2.45) is 10.7 Å². The van der Waals surface area contributed by atoms with Gasteiger partial charge in [-0.15, -0.1) is 0 Å². The van der Waals surface area contributed by atoms with E-state index >= 15 is 0 Å². The number of hydrogen-bond donors (Lipinski definition) is 1. The maximum absolute atomic E-state index is 12.9. The molecule has 2 aromatic carbocycles. The summed E-state index contributed by atoms with van der Waals surface area (Å²) in [7, 11) is 1.56. The van der Waals surface area contributed by atoms with Crippen LogP contribution in [0.15, 0.2) is 52.6 Å². The van der Waals surface area contributed by atoms with Crippen LogP contribution in [0.2, 0.25) is 0 Å². The molecule has 1 fully saturated rings. The Bertz CT molecular complexity index is 1030. The van der Waals surface area contributed by atoms with Crippen LogP contribution >= 0.6 is 11.6 Å². The minimum Gasteiger partial charge on any atom is -0.396 e. The highest BCUT2D eigenvalue weighted by atomic mass is 35.5. The Balaban J connectivity index is 1.72. The van der Waals surface area contributed by atoms with Crippen molar-refractivity contribution >= 4 is 29.4 Å². The second-order valence-corrected chi connectivity index (χ2v) is 7.50. The standard InChI is InChI=1S/C23H23ClN4O2/c1-15-3-6-18(11-20(15)21(26)22(24)27-9-10-30-2)23(29)28-13-19(14-28)17-7-4-16(12-25)5-8-17/h3-9,11,19H,10,13-14,26H2,1-2H3/b22-21-,27-9+. The van der Waals surface area contributed by atoms with Gasteiger partial charge in [0.05, 0.1) is 23.9 Å². The van der Waals surface area contributed by atoms with Crippen molar-refractivity contribution in [3.05, 3.63) is 75.4 Å². The van der Waals surface area contributed by atoms with E-state index in [9.17, 15) is 4.79 Å². The zero-order valence-corrected chi connectivity index (χ0v) is 17.7. The lowest BCUT2D eigenvalue weighted by Gasteiger charge is -2.39. The topological polar surface area (TPSA) is 91.7 Å². The summed E-state index contributed by atoms with van der Waals surface area (Å²) < 4.78 is 4.91. The van der Waals surface area contributed by atoms with Crippen molar-refractivity contribution in [3.8, 4) is 6.07 Å². The van der Waals surface area contributed by atoms with Gasteiger partial charge in [0.15, 0.2) is 5.16 Å². The van der Waals surface area contributed by atoms with Crippen molar-refractivity contribution in [1.29, 1.82) is 5.26 Å². The zero-order chi connectivity index (χ0) is 21.7. The van der Waals surface area contributed by atoms with Gasteiger partial charge in [-0.2, -0.15) is 5.26 Å². The van der Waals surface area contributed by atoms with Crippen LogP contribution in [-0.4, -0.2) is 43.8 Å². The Morgan fingerprint density at radius 3 is 2.67 bits per heavy atom. The van der Waals surface area contributed by atoms with E-state index in [2.05, 4.69) is 11.1 Å². The van der Waals surface area contributed by atoms with Crippen LogP contribution in [0.5, 0.6) is 0 Å². The van der Waals surface area contributed by atoms with Crippen LogP contribution in [0, 0.1) is 18.3 Å². The first-order valence-electron chi connectivity index (χ1n) is 9.51. The van der Waals surface area contributed by atoms with Crippen LogP contribution in [0.4, 0.5) is 0 Å². The van der Waals surface area contributed by atoms with E-state index in [1.807, 2.05) is 25.1 Å². The third kappa shape index (κ3) is 4.70. The molecule has 0 bridgehead atoms. The van der Waals surface area contributed by atoms with Crippen LogP contribution in [0.3, 0.4) is 0 Å². The SMILES string of the molecule is COC/C=N/C(Cl)=C(\N)c1cc(C(=O)N2CC(c3ccc(C#N)cc3)C2)ccc1C. The molecular weight excluding hydrogens is 400 g/mol. The highest BCUT2D eigenvalue weighted by Crippen LogP contribution is 2.29. The first kappa shape index (κ1) is 21.6. The molecule has 1 amide bonds. The second kappa shape index (κ2) is 9.57. The minimum atomic E-state index is -0.0482. The molecule has 0 radical (unpaired) electrons. The predicted molar refractivity (Wildman–Crippen MR) is 118 cm³/mol. The molecule has 0 unspecified atom stereocenters. The molecule has 154 valence electrons. The number of carbonyl (C=O) groups is 1. The lowest BCUT2D eigenvalue weighted by Crippen LogP contribution is -2.48. The molecule has 1 aliphatic heterocycles. The van der Waals surface area contributed by atoms with E-state index < -0.39 is 0 Å². The third-order valence-corrected chi connectivity index (χ3v) is 5.42. The van der Waals surface area contributed by atoms with Crippen molar-refractivity contribution in [2.45, 2.75) is 12.8 Å². The van der Waals surface area contributed by atoms with E-state index in [4.69, 9.17) is 27.3 Å². The number of nitriles is 1. The van der Waals surface area contributed by atoms with Gasteiger partial charge in [0, 0.05) is 43.5 Å². The number of amides is 1. The molecule has 0 atom stereocenters. The lowest BCUT2D eigenvalue weighted by atomic mass is 9.90. The number of carbonyl (C=O) groups excluding carboxylic acids is 1. The number of aryl methyl sites for hydroxylation is 1. The van der Waals surface area contributed by atoms with E-state index in [0.717, 1.165) is 11.1 Å². The summed E-state index contributed by atoms with van der Waals surface area (Å²) in [5.74, 6) is 0.231. The predicted octanol–water partition coefficient (Wildman–Crippen LogP) is 3.65. The molecule has 30 heavy (non-hydrogen) atoms. The van der Waals surface area contributed by atoms with Gasteiger partial charge in [-0.1, -0.05) is 29.8 Å². The fourth-order valence-corrected chi connectivity index (χ4v) is 3.46.